The Bertz CT molecular complexity index is 574. The minimum absolute atomic E-state index is 0.158. The Morgan fingerprint density at radius 2 is 2.21 bits per heavy atom. The second-order valence-corrected chi connectivity index (χ2v) is 6.60. The molecule has 1 atom stereocenters. The van der Waals surface area contributed by atoms with Crippen molar-refractivity contribution in [1.82, 2.24) is 14.5 Å². The third kappa shape index (κ3) is 2.50. The average molecular weight is 287 g/mol. The van der Waals surface area contributed by atoms with Crippen LogP contribution in [0.1, 0.15) is 30.7 Å². The number of hydrogen-bond acceptors (Lipinski definition) is 4. The van der Waals surface area contributed by atoms with Gasteiger partial charge in [0.05, 0.1) is 17.8 Å². The summed E-state index contributed by atoms with van der Waals surface area (Å²) in [6.07, 6.45) is 1.11. The number of carboxylic acids is 1. The minimum atomic E-state index is -3.68. The number of hydrogen-bond donors (Lipinski definition) is 2. The van der Waals surface area contributed by atoms with E-state index >= 15 is 0 Å². The highest BCUT2D eigenvalue weighted by Crippen LogP contribution is 2.30. The molecule has 2 heterocycles. The van der Waals surface area contributed by atoms with E-state index in [1.54, 1.807) is 13.8 Å². The zero-order chi connectivity index (χ0) is 14.2. The summed E-state index contributed by atoms with van der Waals surface area (Å²) in [5, 5.41) is 15.4. The molecular weight excluding hydrogens is 270 g/mol. The maximum Gasteiger partial charge on any atom is 0.304 e. The fourth-order valence-corrected chi connectivity index (χ4v) is 4.60. The molecule has 0 aromatic carbocycles. The SMILES string of the molecule is Cc1n[nH]c(C)c1S(=O)(=O)N1CCCC1CC(=O)O. The van der Waals surface area contributed by atoms with E-state index in [0.717, 1.165) is 0 Å². The number of aromatic nitrogens is 2. The van der Waals surface area contributed by atoms with Crippen LogP contribution in [-0.2, 0) is 14.8 Å². The summed E-state index contributed by atoms with van der Waals surface area (Å²) < 4.78 is 26.5. The molecule has 8 heteroatoms. The smallest absolute Gasteiger partial charge is 0.304 e. The van der Waals surface area contributed by atoms with Gasteiger partial charge in [0.1, 0.15) is 4.90 Å². The first kappa shape index (κ1) is 14.0. The van der Waals surface area contributed by atoms with Crippen LogP contribution in [0.15, 0.2) is 4.90 Å². The Kier molecular flexibility index (Phi) is 3.64. The van der Waals surface area contributed by atoms with Gasteiger partial charge in [-0.25, -0.2) is 8.42 Å². The van der Waals surface area contributed by atoms with Crippen LogP contribution in [0.25, 0.3) is 0 Å². The number of H-pyrrole nitrogens is 1. The Balaban J connectivity index is 2.37. The lowest BCUT2D eigenvalue weighted by atomic mass is 10.2. The van der Waals surface area contributed by atoms with Crippen molar-refractivity contribution in [2.24, 2.45) is 0 Å². The number of rotatable bonds is 4. The van der Waals surface area contributed by atoms with E-state index in [9.17, 15) is 13.2 Å². The molecule has 0 aliphatic carbocycles. The molecule has 1 fully saturated rings. The normalized spacial score (nSPS) is 20.8. The predicted octanol–water partition coefficient (Wildman–Crippen LogP) is 0.654. The molecule has 1 aliphatic rings. The van der Waals surface area contributed by atoms with Crippen LogP contribution in [0, 0.1) is 13.8 Å². The van der Waals surface area contributed by atoms with Gasteiger partial charge in [-0.2, -0.15) is 9.40 Å². The molecule has 0 bridgehead atoms. The molecular formula is C11H17N3O4S. The molecule has 2 rings (SSSR count). The zero-order valence-electron chi connectivity index (χ0n) is 10.9. The van der Waals surface area contributed by atoms with Crippen molar-refractivity contribution in [3.05, 3.63) is 11.4 Å². The number of aliphatic carboxylic acids is 1. The van der Waals surface area contributed by atoms with Crippen LogP contribution in [-0.4, -0.2) is 46.6 Å². The number of sulfonamides is 1. The van der Waals surface area contributed by atoms with Crippen LogP contribution in [0.5, 0.6) is 0 Å². The van der Waals surface area contributed by atoms with Gasteiger partial charge >= 0.3 is 5.97 Å². The summed E-state index contributed by atoms with van der Waals surface area (Å²) in [4.78, 5) is 11.0. The summed E-state index contributed by atoms with van der Waals surface area (Å²) in [7, 11) is -3.68. The van der Waals surface area contributed by atoms with Gasteiger partial charge in [0, 0.05) is 12.6 Å². The third-order valence-electron chi connectivity index (χ3n) is 3.36. The van der Waals surface area contributed by atoms with Crippen LogP contribution in [0.2, 0.25) is 0 Å². The highest BCUT2D eigenvalue weighted by Gasteiger charge is 2.38. The fourth-order valence-electron chi connectivity index (χ4n) is 2.57. The molecule has 1 saturated heterocycles. The summed E-state index contributed by atoms with van der Waals surface area (Å²) >= 11 is 0. The standard InChI is InChI=1S/C11H17N3O4S/c1-7-11(8(2)13-12-7)19(17,18)14-5-3-4-9(14)6-10(15)16/h9H,3-6H2,1-2H3,(H,12,13)(H,15,16). The monoisotopic (exact) mass is 287 g/mol. The first-order valence-corrected chi connectivity index (χ1v) is 7.53. The van der Waals surface area contributed by atoms with Crippen molar-refractivity contribution in [2.45, 2.75) is 44.0 Å². The van der Waals surface area contributed by atoms with E-state index in [1.807, 2.05) is 0 Å². The summed E-state index contributed by atoms with van der Waals surface area (Å²) in [5.41, 5.74) is 0.900. The Morgan fingerprint density at radius 1 is 1.53 bits per heavy atom. The first-order chi connectivity index (χ1) is 8.84. The lowest BCUT2D eigenvalue weighted by Gasteiger charge is -2.22. The van der Waals surface area contributed by atoms with Crippen molar-refractivity contribution >= 4 is 16.0 Å². The van der Waals surface area contributed by atoms with Gasteiger partial charge in [-0.3, -0.25) is 9.89 Å². The van der Waals surface area contributed by atoms with Crippen LogP contribution >= 0.6 is 0 Å². The molecule has 0 saturated carbocycles. The molecule has 7 nitrogen and oxygen atoms in total. The van der Waals surface area contributed by atoms with Gasteiger partial charge in [-0.15, -0.1) is 0 Å². The van der Waals surface area contributed by atoms with Crippen molar-refractivity contribution in [1.29, 1.82) is 0 Å². The minimum Gasteiger partial charge on any atom is -0.481 e. The second kappa shape index (κ2) is 4.93. The second-order valence-electron chi connectivity index (χ2n) is 4.77. The van der Waals surface area contributed by atoms with E-state index < -0.39 is 22.0 Å². The number of nitrogens with one attached hydrogen (secondary N) is 1. The van der Waals surface area contributed by atoms with Gasteiger partial charge in [-0.05, 0) is 26.7 Å². The number of nitrogens with zero attached hydrogens (tertiary/aromatic N) is 2. The molecule has 1 aromatic heterocycles. The lowest BCUT2D eigenvalue weighted by molar-refractivity contribution is -0.137. The Labute approximate surface area is 111 Å². The molecule has 1 aliphatic heterocycles. The van der Waals surface area contributed by atoms with Crippen LogP contribution in [0.3, 0.4) is 0 Å². The van der Waals surface area contributed by atoms with Crippen molar-refractivity contribution in [2.75, 3.05) is 6.54 Å². The molecule has 2 N–H and O–H groups in total. The molecule has 0 amide bonds. The van der Waals surface area contributed by atoms with Gasteiger partial charge in [0.2, 0.25) is 10.0 Å². The van der Waals surface area contributed by atoms with Crippen LogP contribution < -0.4 is 0 Å². The molecule has 1 aromatic rings. The number of aromatic amines is 1. The maximum atomic E-state index is 12.6. The molecule has 106 valence electrons. The molecule has 1 unspecified atom stereocenters. The van der Waals surface area contributed by atoms with E-state index in [-0.39, 0.29) is 11.3 Å². The number of carboxylic acid groups (broad SMARTS) is 1. The Hall–Kier alpha value is -1.41. The molecule has 19 heavy (non-hydrogen) atoms. The lowest BCUT2D eigenvalue weighted by Crippen LogP contribution is -2.37. The number of carbonyl (C=O) groups is 1. The topological polar surface area (TPSA) is 103 Å². The summed E-state index contributed by atoms with van der Waals surface area (Å²) in [6.45, 7) is 3.64. The van der Waals surface area contributed by atoms with Gasteiger partial charge in [-0.1, -0.05) is 0 Å². The predicted molar refractivity (Wildman–Crippen MR) is 67.2 cm³/mol. The van der Waals surface area contributed by atoms with Gasteiger partial charge in [0.25, 0.3) is 0 Å². The van der Waals surface area contributed by atoms with Crippen molar-refractivity contribution in [3.63, 3.8) is 0 Å². The zero-order valence-corrected chi connectivity index (χ0v) is 11.7. The quantitative estimate of drug-likeness (QED) is 0.846. The van der Waals surface area contributed by atoms with E-state index in [1.165, 1.54) is 4.31 Å². The van der Waals surface area contributed by atoms with Crippen molar-refractivity contribution < 1.29 is 18.3 Å². The Morgan fingerprint density at radius 3 is 2.74 bits per heavy atom. The fraction of sp³-hybridized carbons (Fsp3) is 0.636. The van der Waals surface area contributed by atoms with Crippen LogP contribution in [0.4, 0.5) is 0 Å². The molecule has 0 radical (unpaired) electrons. The maximum absolute atomic E-state index is 12.6. The van der Waals surface area contributed by atoms with Gasteiger partial charge < -0.3 is 5.11 Å². The number of aryl methyl sites for hydroxylation is 2. The van der Waals surface area contributed by atoms with E-state index in [2.05, 4.69) is 10.2 Å². The summed E-state index contributed by atoms with van der Waals surface area (Å²) in [5.74, 6) is -0.979. The first-order valence-electron chi connectivity index (χ1n) is 6.09. The summed E-state index contributed by atoms with van der Waals surface area (Å²) in [6, 6.07) is -0.462. The van der Waals surface area contributed by atoms with Crippen molar-refractivity contribution in [3.8, 4) is 0 Å². The van der Waals surface area contributed by atoms with E-state index in [0.29, 0.717) is 30.8 Å². The average Bonchev–Trinajstić information content (AvgIpc) is 2.85. The highest BCUT2D eigenvalue weighted by molar-refractivity contribution is 7.89. The van der Waals surface area contributed by atoms with E-state index in [4.69, 9.17) is 5.11 Å². The van der Waals surface area contributed by atoms with Gasteiger partial charge in [0.15, 0.2) is 0 Å². The highest BCUT2D eigenvalue weighted by atomic mass is 32.2. The largest absolute Gasteiger partial charge is 0.481 e. The third-order valence-corrected chi connectivity index (χ3v) is 5.58. The molecule has 0 spiro atoms.